The molecule has 8 heteroatoms. The number of carbonyl (C=O) groups is 2. The van der Waals surface area contributed by atoms with E-state index < -0.39 is 29.6 Å². The number of fused-ring (bicyclic) bond motifs is 1. The molecule has 1 N–H and O–H groups in total. The first-order valence-corrected chi connectivity index (χ1v) is 12.2. The highest BCUT2D eigenvalue weighted by molar-refractivity contribution is 9.10. The van der Waals surface area contributed by atoms with Crippen molar-refractivity contribution >= 4 is 38.8 Å². The van der Waals surface area contributed by atoms with Gasteiger partial charge in [0.05, 0.1) is 0 Å². The number of carbonyl (C=O) groups excluding carboxylic acids is 2. The van der Waals surface area contributed by atoms with Gasteiger partial charge in [0.2, 0.25) is 0 Å². The van der Waals surface area contributed by atoms with E-state index >= 15 is 0 Å². The molecule has 184 valence electrons. The second-order valence-corrected chi connectivity index (χ2v) is 10.00. The monoisotopic (exact) mass is 551 g/mol. The molecule has 5 rings (SSSR count). The standard InChI is InChI=1S/C28H23BrFNO5/c1-28(2)35-26(32)25(27(33)36-28)24(21-14-31-22-6-4-3-5-19(21)22)20-13-17(29)9-12-23(20)34-15-16-7-10-18(30)11-8-16/h3-14,24-25,31H,15H2,1-2H3/t24-/m0/s1. The number of para-hydroxylation sites is 1. The molecule has 1 atom stereocenters. The lowest BCUT2D eigenvalue weighted by atomic mass is 9.79. The summed E-state index contributed by atoms with van der Waals surface area (Å²) in [5, 5.41) is 0.859. The molecule has 6 nitrogen and oxygen atoms in total. The van der Waals surface area contributed by atoms with E-state index in [-0.39, 0.29) is 12.4 Å². The highest BCUT2D eigenvalue weighted by Crippen LogP contribution is 2.44. The van der Waals surface area contributed by atoms with Gasteiger partial charge in [-0.25, -0.2) is 4.39 Å². The number of aromatic amines is 1. The first kappa shape index (κ1) is 24.1. The van der Waals surface area contributed by atoms with Gasteiger partial charge in [-0.15, -0.1) is 0 Å². The summed E-state index contributed by atoms with van der Waals surface area (Å²) in [5.41, 5.74) is 2.97. The summed E-state index contributed by atoms with van der Waals surface area (Å²) in [4.78, 5) is 29.7. The number of aromatic nitrogens is 1. The second-order valence-electron chi connectivity index (χ2n) is 9.08. The SMILES string of the molecule is CC1(C)OC(=O)C([C@@H](c2cc(Br)ccc2OCc2ccc(F)cc2)c2c[nH]c3ccccc23)C(=O)O1. The third kappa shape index (κ3) is 4.73. The molecular formula is C28H23BrFNO5. The molecule has 0 bridgehead atoms. The maximum absolute atomic E-state index is 13.3. The van der Waals surface area contributed by atoms with Gasteiger partial charge in [0.15, 0.2) is 5.92 Å². The summed E-state index contributed by atoms with van der Waals surface area (Å²) in [6.07, 6.45) is 1.79. The Balaban J connectivity index is 1.63. The lowest BCUT2D eigenvalue weighted by Gasteiger charge is -2.36. The number of benzene rings is 3. The summed E-state index contributed by atoms with van der Waals surface area (Å²) in [7, 11) is 0. The third-order valence-corrected chi connectivity index (χ3v) is 6.60. The Hall–Kier alpha value is -3.65. The Bertz CT molecular complexity index is 1430. The van der Waals surface area contributed by atoms with Crippen LogP contribution in [0.15, 0.2) is 77.4 Å². The molecule has 1 saturated heterocycles. The summed E-state index contributed by atoms with van der Waals surface area (Å²) in [6, 6.07) is 19.1. The highest BCUT2D eigenvalue weighted by atomic mass is 79.9. The van der Waals surface area contributed by atoms with Crippen molar-refractivity contribution in [1.82, 2.24) is 4.98 Å². The fourth-order valence-electron chi connectivity index (χ4n) is 4.51. The van der Waals surface area contributed by atoms with Crippen LogP contribution in [0.4, 0.5) is 4.39 Å². The van der Waals surface area contributed by atoms with E-state index in [1.165, 1.54) is 26.0 Å². The zero-order valence-electron chi connectivity index (χ0n) is 19.6. The van der Waals surface area contributed by atoms with Gasteiger partial charge in [0.25, 0.3) is 5.79 Å². The highest BCUT2D eigenvalue weighted by Gasteiger charge is 2.49. The topological polar surface area (TPSA) is 77.6 Å². The van der Waals surface area contributed by atoms with Crippen molar-refractivity contribution in [3.05, 3.63) is 99.9 Å². The van der Waals surface area contributed by atoms with Crippen LogP contribution in [0, 0.1) is 11.7 Å². The number of cyclic esters (lactones) is 2. The van der Waals surface area contributed by atoms with E-state index in [0.717, 1.165) is 26.5 Å². The molecule has 4 aromatic rings. The maximum atomic E-state index is 13.3. The Morgan fingerprint density at radius 1 is 1.00 bits per heavy atom. The third-order valence-electron chi connectivity index (χ3n) is 6.10. The average molecular weight is 552 g/mol. The largest absolute Gasteiger partial charge is 0.489 e. The van der Waals surface area contributed by atoms with Crippen LogP contribution < -0.4 is 4.74 Å². The van der Waals surface area contributed by atoms with E-state index in [0.29, 0.717) is 11.3 Å². The van der Waals surface area contributed by atoms with Gasteiger partial charge in [0, 0.05) is 46.9 Å². The van der Waals surface area contributed by atoms with Crippen molar-refractivity contribution in [3.63, 3.8) is 0 Å². The van der Waals surface area contributed by atoms with Gasteiger partial charge in [0.1, 0.15) is 18.2 Å². The molecule has 36 heavy (non-hydrogen) atoms. The van der Waals surface area contributed by atoms with Crippen molar-refractivity contribution in [3.8, 4) is 5.75 Å². The van der Waals surface area contributed by atoms with E-state index in [4.69, 9.17) is 14.2 Å². The van der Waals surface area contributed by atoms with Crippen LogP contribution in [0.2, 0.25) is 0 Å². The number of hydrogen-bond donors (Lipinski definition) is 1. The molecule has 1 aliphatic heterocycles. The van der Waals surface area contributed by atoms with Crippen molar-refractivity contribution in [2.24, 2.45) is 5.92 Å². The number of esters is 2. The van der Waals surface area contributed by atoms with E-state index in [9.17, 15) is 14.0 Å². The van der Waals surface area contributed by atoms with Crippen LogP contribution >= 0.6 is 15.9 Å². The molecule has 1 fully saturated rings. The number of nitrogens with one attached hydrogen (secondary N) is 1. The predicted molar refractivity (Wildman–Crippen MR) is 135 cm³/mol. The molecular weight excluding hydrogens is 529 g/mol. The predicted octanol–water partition coefficient (Wildman–Crippen LogP) is 6.23. The van der Waals surface area contributed by atoms with E-state index in [1.807, 2.05) is 36.4 Å². The molecule has 0 unspecified atom stereocenters. The summed E-state index contributed by atoms with van der Waals surface area (Å²) < 4.78 is 31.2. The maximum Gasteiger partial charge on any atom is 0.324 e. The minimum absolute atomic E-state index is 0.169. The summed E-state index contributed by atoms with van der Waals surface area (Å²) >= 11 is 3.52. The van der Waals surface area contributed by atoms with Crippen LogP contribution in [-0.4, -0.2) is 22.7 Å². The van der Waals surface area contributed by atoms with Crippen molar-refractivity contribution in [2.75, 3.05) is 0 Å². The molecule has 0 radical (unpaired) electrons. The Labute approximate surface area is 215 Å². The van der Waals surface area contributed by atoms with Gasteiger partial charge < -0.3 is 19.2 Å². The zero-order chi connectivity index (χ0) is 25.4. The summed E-state index contributed by atoms with van der Waals surface area (Å²) in [6.45, 7) is 3.22. The Kier molecular flexibility index (Phi) is 6.30. The second kappa shape index (κ2) is 9.43. The van der Waals surface area contributed by atoms with E-state index in [2.05, 4.69) is 20.9 Å². The van der Waals surface area contributed by atoms with Crippen LogP contribution in [0.3, 0.4) is 0 Å². The van der Waals surface area contributed by atoms with Crippen LogP contribution in [0.25, 0.3) is 10.9 Å². The fraction of sp³-hybridized carbons (Fsp3) is 0.214. The molecule has 2 heterocycles. The molecule has 0 aliphatic carbocycles. The van der Waals surface area contributed by atoms with Crippen molar-refractivity contribution < 1.29 is 28.2 Å². The van der Waals surface area contributed by atoms with Crippen molar-refractivity contribution in [1.29, 1.82) is 0 Å². The number of ether oxygens (including phenoxy) is 3. The zero-order valence-corrected chi connectivity index (χ0v) is 21.2. The normalized spacial score (nSPS) is 16.4. The van der Waals surface area contributed by atoms with Crippen LogP contribution in [-0.2, 0) is 25.7 Å². The molecule has 0 amide bonds. The van der Waals surface area contributed by atoms with Gasteiger partial charge in [-0.2, -0.15) is 0 Å². The Morgan fingerprint density at radius 2 is 1.69 bits per heavy atom. The molecule has 1 aliphatic rings. The number of hydrogen-bond acceptors (Lipinski definition) is 5. The van der Waals surface area contributed by atoms with Crippen LogP contribution in [0.5, 0.6) is 5.75 Å². The number of rotatable bonds is 6. The van der Waals surface area contributed by atoms with Crippen molar-refractivity contribution in [2.45, 2.75) is 32.2 Å². The van der Waals surface area contributed by atoms with Gasteiger partial charge in [-0.3, -0.25) is 9.59 Å². The quantitative estimate of drug-likeness (QED) is 0.227. The fourth-order valence-corrected chi connectivity index (χ4v) is 4.89. The average Bonchev–Trinajstić information content (AvgIpc) is 3.25. The molecule has 3 aromatic carbocycles. The van der Waals surface area contributed by atoms with Gasteiger partial charge in [-0.05, 0) is 47.5 Å². The van der Waals surface area contributed by atoms with E-state index in [1.54, 1.807) is 24.4 Å². The number of H-pyrrole nitrogens is 1. The van der Waals surface area contributed by atoms with Gasteiger partial charge in [-0.1, -0.05) is 46.3 Å². The lowest BCUT2D eigenvalue weighted by Crippen LogP contribution is -2.48. The molecule has 1 aromatic heterocycles. The molecule has 0 spiro atoms. The van der Waals surface area contributed by atoms with Crippen LogP contribution in [0.1, 0.15) is 36.5 Å². The first-order valence-electron chi connectivity index (χ1n) is 11.4. The molecule has 0 saturated carbocycles. The number of halogens is 2. The summed E-state index contributed by atoms with van der Waals surface area (Å²) in [5.74, 6) is -4.57. The minimum Gasteiger partial charge on any atom is -0.489 e. The van der Waals surface area contributed by atoms with Gasteiger partial charge >= 0.3 is 11.9 Å². The minimum atomic E-state index is -1.35. The smallest absolute Gasteiger partial charge is 0.324 e. The lowest BCUT2D eigenvalue weighted by molar-refractivity contribution is -0.240. The first-order chi connectivity index (χ1) is 17.2. The Morgan fingerprint density at radius 3 is 2.42 bits per heavy atom.